The maximum atomic E-state index is 12.0. The summed E-state index contributed by atoms with van der Waals surface area (Å²) < 4.78 is 4.86. The highest BCUT2D eigenvalue weighted by Crippen LogP contribution is 2.22. The summed E-state index contributed by atoms with van der Waals surface area (Å²) in [6, 6.07) is 3.32. The summed E-state index contributed by atoms with van der Waals surface area (Å²) in [6.07, 6.45) is 0. The third-order valence-electron chi connectivity index (χ3n) is 3.15. The van der Waals surface area contributed by atoms with Crippen LogP contribution in [0.3, 0.4) is 0 Å². The molecule has 0 radical (unpaired) electrons. The lowest BCUT2D eigenvalue weighted by Gasteiger charge is -2.20. The van der Waals surface area contributed by atoms with Crippen LogP contribution in [-0.2, 0) is 14.3 Å². The number of likely N-dealkylation sites (N-methyl/N-ethyl adjacent to an activating group) is 2. The van der Waals surface area contributed by atoms with E-state index in [2.05, 4.69) is 5.32 Å². The zero-order chi connectivity index (χ0) is 19.0. The van der Waals surface area contributed by atoms with Crippen molar-refractivity contribution in [3.63, 3.8) is 0 Å². The fourth-order valence-electron chi connectivity index (χ4n) is 1.88. The number of hydrogen-bond acceptors (Lipinski definition) is 6. The standard InChI is InChI=1S/C15H18ClN3O6/c1-3-17-13(20)8-18(4-2)14(21)9-25-15(22)11-7-10(19(23)24)5-6-12(11)16/h5-7H,3-4,8-9H2,1-2H3,(H,17,20). The quantitative estimate of drug-likeness (QED) is 0.419. The lowest BCUT2D eigenvalue weighted by Crippen LogP contribution is -2.42. The number of ether oxygens (including phenoxy) is 1. The Morgan fingerprint density at radius 3 is 2.56 bits per heavy atom. The normalized spacial score (nSPS) is 10.0. The summed E-state index contributed by atoms with van der Waals surface area (Å²) in [4.78, 5) is 46.9. The van der Waals surface area contributed by atoms with Gasteiger partial charge in [0.25, 0.3) is 11.6 Å². The Labute approximate surface area is 149 Å². The van der Waals surface area contributed by atoms with Crippen molar-refractivity contribution in [3.05, 3.63) is 38.9 Å². The largest absolute Gasteiger partial charge is 0.452 e. The van der Waals surface area contributed by atoms with Gasteiger partial charge >= 0.3 is 5.97 Å². The highest BCUT2D eigenvalue weighted by Gasteiger charge is 2.20. The number of halogens is 1. The minimum atomic E-state index is -0.962. The predicted molar refractivity (Wildman–Crippen MR) is 89.3 cm³/mol. The van der Waals surface area contributed by atoms with E-state index in [1.165, 1.54) is 11.0 Å². The molecule has 136 valence electrons. The first-order valence-electron chi connectivity index (χ1n) is 7.45. The van der Waals surface area contributed by atoms with Gasteiger partial charge < -0.3 is 15.0 Å². The van der Waals surface area contributed by atoms with E-state index in [1.807, 2.05) is 0 Å². The third-order valence-corrected chi connectivity index (χ3v) is 3.48. The monoisotopic (exact) mass is 371 g/mol. The highest BCUT2D eigenvalue weighted by molar-refractivity contribution is 6.33. The number of nitro benzene ring substituents is 1. The molecule has 0 bridgehead atoms. The van der Waals surface area contributed by atoms with Gasteiger partial charge in [-0.3, -0.25) is 19.7 Å². The van der Waals surface area contributed by atoms with Crippen molar-refractivity contribution in [2.45, 2.75) is 13.8 Å². The Balaban J connectivity index is 2.71. The number of nitro groups is 1. The van der Waals surface area contributed by atoms with E-state index in [-0.39, 0.29) is 35.3 Å². The molecule has 0 saturated carbocycles. The van der Waals surface area contributed by atoms with Crippen molar-refractivity contribution in [2.75, 3.05) is 26.2 Å². The smallest absolute Gasteiger partial charge is 0.340 e. The van der Waals surface area contributed by atoms with Gasteiger partial charge in [-0.1, -0.05) is 11.6 Å². The SMILES string of the molecule is CCNC(=O)CN(CC)C(=O)COC(=O)c1cc([N+](=O)[O-])ccc1Cl. The van der Waals surface area contributed by atoms with E-state index >= 15 is 0 Å². The van der Waals surface area contributed by atoms with Crippen LogP contribution in [0.5, 0.6) is 0 Å². The molecule has 1 rings (SSSR count). The zero-order valence-corrected chi connectivity index (χ0v) is 14.5. The Bertz CT molecular complexity index is 679. The van der Waals surface area contributed by atoms with Gasteiger partial charge in [0.2, 0.25) is 5.91 Å². The van der Waals surface area contributed by atoms with E-state index in [9.17, 15) is 24.5 Å². The van der Waals surface area contributed by atoms with Crippen LogP contribution < -0.4 is 5.32 Å². The van der Waals surface area contributed by atoms with E-state index in [0.29, 0.717) is 6.54 Å². The van der Waals surface area contributed by atoms with Gasteiger partial charge in [-0.25, -0.2) is 4.79 Å². The molecule has 2 amide bonds. The number of hydrogen-bond donors (Lipinski definition) is 1. The molecule has 10 heteroatoms. The molecule has 25 heavy (non-hydrogen) atoms. The molecule has 0 aliphatic rings. The fourth-order valence-corrected chi connectivity index (χ4v) is 2.08. The lowest BCUT2D eigenvalue weighted by atomic mass is 10.2. The zero-order valence-electron chi connectivity index (χ0n) is 13.8. The number of carbonyl (C=O) groups is 3. The van der Waals surface area contributed by atoms with Crippen LogP contribution >= 0.6 is 11.6 Å². The average molecular weight is 372 g/mol. The lowest BCUT2D eigenvalue weighted by molar-refractivity contribution is -0.384. The second-order valence-corrected chi connectivity index (χ2v) is 5.27. The Kier molecular flexibility index (Phi) is 7.80. The summed E-state index contributed by atoms with van der Waals surface area (Å²) in [5.74, 6) is -1.86. The van der Waals surface area contributed by atoms with Gasteiger partial charge in [-0.05, 0) is 19.9 Å². The number of rotatable bonds is 8. The van der Waals surface area contributed by atoms with Gasteiger partial charge in [-0.2, -0.15) is 0 Å². The fraction of sp³-hybridized carbons (Fsp3) is 0.400. The highest BCUT2D eigenvalue weighted by atomic mass is 35.5. The van der Waals surface area contributed by atoms with Crippen molar-refractivity contribution in [1.29, 1.82) is 0 Å². The van der Waals surface area contributed by atoms with Crippen LogP contribution in [0.2, 0.25) is 5.02 Å². The number of nitrogens with zero attached hydrogens (tertiary/aromatic N) is 2. The predicted octanol–water partition coefficient (Wildman–Crippen LogP) is 1.39. The summed E-state index contributed by atoms with van der Waals surface area (Å²) in [7, 11) is 0. The van der Waals surface area contributed by atoms with Crippen molar-refractivity contribution in [1.82, 2.24) is 10.2 Å². The van der Waals surface area contributed by atoms with Crippen molar-refractivity contribution < 1.29 is 24.0 Å². The van der Waals surface area contributed by atoms with E-state index in [4.69, 9.17) is 16.3 Å². The number of nitrogens with one attached hydrogen (secondary N) is 1. The van der Waals surface area contributed by atoms with Crippen LogP contribution in [0.1, 0.15) is 24.2 Å². The first-order valence-corrected chi connectivity index (χ1v) is 7.83. The number of esters is 1. The van der Waals surface area contributed by atoms with Crippen LogP contribution in [0.4, 0.5) is 5.69 Å². The maximum absolute atomic E-state index is 12.0. The maximum Gasteiger partial charge on any atom is 0.340 e. The Hall–Kier alpha value is -2.68. The van der Waals surface area contributed by atoms with Crippen molar-refractivity contribution >= 4 is 35.1 Å². The second kappa shape index (κ2) is 9.58. The van der Waals surface area contributed by atoms with Crippen LogP contribution in [0, 0.1) is 10.1 Å². The van der Waals surface area contributed by atoms with Gasteiger partial charge in [0, 0.05) is 25.2 Å². The molecule has 0 atom stereocenters. The summed E-state index contributed by atoms with van der Waals surface area (Å²) in [5.41, 5.74) is -0.537. The minimum Gasteiger partial charge on any atom is -0.452 e. The first-order chi connectivity index (χ1) is 11.8. The molecule has 9 nitrogen and oxygen atoms in total. The molecule has 1 aromatic rings. The van der Waals surface area contributed by atoms with E-state index < -0.39 is 23.4 Å². The molecule has 0 spiro atoms. The van der Waals surface area contributed by atoms with Crippen LogP contribution in [-0.4, -0.2) is 53.8 Å². The second-order valence-electron chi connectivity index (χ2n) is 4.86. The van der Waals surface area contributed by atoms with Gasteiger partial charge in [0.15, 0.2) is 6.61 Å². The minimum absolute atomic E-state index is 0.0299. The summed E-state index contributed by atoms with van der Waals surface area (Å²) in [5, 5.41) is 13.3. The first kappa shape index (κ1) is 20.4. The van der Waals surface area contributed by atoms with Crippen molar-refractivity contribution in [3.8, 4) is 0 Å². The molecule has 0 unspecified atom stereocenters. The average Bonchev–Trinajstić information content (AvgIpc) is 2.57. The molecule has 0 aromatic heterocycles. The number of benzene rings is 1. The molecule has 1 aromatic carbocycles. The molecule has 0 aliphatic heterocycles. The molecule has 0 heterocycles. The van der Waals surface area contributed by atoms with E-state index in [1.54, 1.807) is 13.8 Å². The van der Waals surface area contributed by atoms with Crippen LogP contribution in [0.15, 0.2) is 18.2 Å². The molecular weight excluding hydrogens is 354 g/mol. The Morgan fingerprint density at radius 2 is 2.00 bits per heavy atom. The van der Waals surface area contributed by atoms with Gasteiger partial charge in [-0.15, -0.1) is 0 Å². The summed E-state index contributed by atoms with van der Waals surface area (Å²) >= 11 is 5.83. The number of non-ortho nitro benzene ring substituents is 1. The molecule has 1 N–H and O–H groups in total. The number of carbonyl (C=O) groups excluding carboxylic acids is 3. The Morgan fingerprint density at radius 1 is 1.32 bits per heavy atom. The van der Waals surface area contributed by atoms with Gasteiger partial charge in [0.05, 0.1) is 22.1 Å². The summed E-state index contributed by atoms with van der Waals surface area (Å²) in [6.45, 7) is 3.36. The third kappa shape index (κ3) is 6.03. The topological polar surface area (TPSA) is 119 Å². The molecular formula is C15H18ClN3O6. The molecule has 0 fully saturated rings. The molecule has 0 saturated heterocycles. The van der Waals surface area contributed by atoms with E-state index in [0.717, 1.165) is 12.1 Å². The van der Waals surface area contributed by atoms with Crippen molar-refractivity contribution in [2.24, 2.45) is 0 Å². The van der Waals surface area contributed by atoms with Gasteiger partial charge in [0.1, 0.15) is 0 Å². The molecule has 0 aliphatic carbocycles. The number of amides is 2. The van der Waals surface area contributed by atoms with Crippen LogP contribution in [0.25, 0.3) is 0 Å².